The zero-order valence-electron chi connectivity index (χ0n) is 28.2. The van der Waals surface area contributed by atoms with Crippen molar-refractivity contribution >= 4 is 39.6 Å². The van der Waals surface area contributed by atoms with E-state index in [0.29, 0.717) is 24.8 Å². The average Bonchev–Trinajstić information content (AvgIpc) is 3.62. The van der Waals surface area contributed by atoms with E-state index >= 15 is 0 Å². The number of fused-ring (bicyclic) bond motifs is 1. The molecule has 3 amide bonds. The van der Waals surface area contributed by atoms with Crippen molar-refractivity contribution in [3.05, 3.63) is 61.2 Å². The zero-order valence-corrected chi connectivity index (χ0v) is 29.8. The number of nitrogens with zero attached hydrogens (tertiary/aromatic N) is 2. The molecule has 3 fully saturated rings. The maximum absolute atomic E-state index is 14.7. The van der Waals surface area contributed by atoms with Crippen molar-refractivity contribution in [1.82, 2.24) is 15.1 Å². The summed E-state index contributed by atoms with van der Waals surface area (Å²) in [7, 11) is 0. The number of alkyl halides is 1. The van der Waals surface area contributed by atoms with Gasteiger partial charge in [-0.2, -0.15) is 0 Å². The smallest absolute Gasteiger partial charge is 0.313 e. The second kappa shape index (κ2) is 15.0. The molecular weight excluding hydrogens is 666 g/mol. The van der Waals surface area contributed by atoms with Gasteiger partial charge in [0.25, 0.3) is 0 Å². The molecule has 1 aromatic carbocycles. The molecule has 47 heavy (non-hydrogen) atoms. The first kappa shape index (κ1) is 36.8. The van der Waals surface area contributed by atoms with Gasteiger partial charge in [0.1, 0.15) is 17.7 Å². The van der Waals surface area contributed by atoms with E-state index in [1.807, 2.05) is 65.0 Å². The summed E-state index contributed by atoms with van der Waals surface area (Å²) in [6, 6.07) is 7.40. The van der Waals surface area contributed by atoms with E-state index in [9.17, 15) is 24.3 Å². The molecule has 2 bridgehead atoms. The summed E-state index contributed by atoms with van der Waals surface area (Å²) < 4.78 is 12.8. The minimum atomic E-state index is -1.31. The molecule has 11 heteroatoms. The van der Waals surface area contributed by atoms with Gasteiger partial charge in [-0.15, -0.1) is 13.2 Å². The maximum Gasteiger partial charge on any atom is 0.313 e. The van der Waals surface area contributed by atoms with E-state index in [1.165, 1.54) is 4.90 Å². The molecule has 0 saturated carbocycles. The largest absolute Gasteiger partial charge is 0.455 e. The maximum atomic E-state index is 14.7. The van der Waals surface area contributed by atoms with E-state index < -0.39 is 59.1 Å². The average molecular weight is 717 g/mol. The fourth-order valence-corrected chi connectivity index (χ4v) is 8.39. The van der Waals surface area contributed by atoms with Crippen LogP contribution >= 0.6 is 15.9 Å². The molecule has 3 aliphatic rings. The first-order valence-electron chi connectivity index (χ1n) is 16.5. The summed E-state index contributed by atoms with van der Waals surface area (Å²) in [4.78, 5) is 58.9. The molecule has 3 aliphatic heterocycles. The van der Waals surface area contributed by atoms with Crippen LogP contribution in [0.1, 0.15) is 72.0 Å². The van der Waals surface area contributed by atoms with Crippen molar-refractivity contribution in [2.75, 3.05) is 19.7 Å². The molecule has 0 radical (unpaired) electrons. The number of esters is 1. The highest BCUT2D eigenvalue weighted by molar-refractivity contribution is 9.09. The normalized spacial score (nSPS) is 27.7. The van der Waals surface area contributed by atoms with Crippen LogP contribution in [0.5, 0.6) is 0 Å². The molecular formula is C36H50BrN3O7. The Morgan fingerprint density at radius 3 is 2.47 bits per heavy atom. The molecule has 2 N–H and O–H groups in total. The topological polar surface area (TPSA) is 125 Å². The van der Waals surface area contributed by atoms with Crippen molar-refractivity contribution in [3.63, 3.8) is 0 Å². The van der Waals surface area contributed by atoms with Crippen LogP contribution in [0.2, 0.25) is 0 Å². The van der Waals surface area contributed by atoms with Crippen LogP contribution in [0.3, 0.4) is 0 Å². The summed E-state index contributed by atoms with van der Waals surface area (Å²) in [5.41, 5.74) is -1.23. The van der Waals surface area contributed by atoms with Crippen LogP contribution in [0.4, 0.5) is 0 Å². The third-order valence-electron chi connectivity index (χ3n) is 9.46. The minimum Gasteiger partial charge on any atom is -0.455 e. The fourth-order valence-electron chi connectivity index (χ4n) is 7.44. The Balaban J connectivity index is 1.73. The molecule has 3 saturated heterocycles. The second-order valence-electron chi connectivity index (χ2n) is 14.3. The molecule has 1 spiro atoms. The molecule has 10 nitrogen and oxygen atoms in total. The van der Waals surface area contributed by atoms with Crippen LogP contribution in [0, 0.1) is 17.8 Å². The van der Waals surface area contributed by atoms with Gasteiger partial charge in [-0.05, 0) is 51.5 Å². The standard InChI is InChI=1S/C36H50BrN3O7/c1-8-10-16-27(42)38-20-26(23-14-12-11-13-15-23)46-34(45)28-29-32(43)40(24(21-41)18-22(3)4)31(36(29)19-25(37)30(28)47-36)33(44)39(17-9-2)35(5,6)7/h8-9,11-15,22,24-26,28-31,41H,1-2,10,16-21H2,3-7H3,(H,38,42)/t24-,25?,26-,28-,29+,30-,31-,36+/m1/s1. The van der Waals surface area contributed by atoms with Gasteiger partial charge in [-0.1, -0.05) is 72.3 Å². The quantitative estimate of drug-likeness (QED) is 0.157. The number of allylic oxidation sites excluding steroid dienone is 1. The SMILES string of the molecule is C=CCCC(=O)NC[C@@H](OC(=O)[C@H]1[C@@H]2O[C@@]3(CC2Br)[C@@H]1C(=O)N([C@@H](CO)CC(C)C)[C@@H]3C(=O)N(CC=C)C(C)(C)C)c1ccccc1. The van der Waals surface area contributed by atoms with Crippen LogP contribution in [-0.2, 0) is 28.7 Å². The van der Waals surface area contributed by atoms with Gasteiger partial charge < -0.3 is 29.7 Å². The third-order valence-corrected chi connectivity index (χ3v) is 10.3. The van der Waals surface area contributed by atoms with Crippen molar-refractivity contribution < 1.29 is 33.8 Å². The van der Waals surface area contributed by atoms with Crippen LogP contribution < -0.4 is 5.32 Å². The molecule has 4 rings (SSSR count). The van der Waals surface area contributed by atoms with Gasteiger partial charge in [0.05, 0.1) is 37.1 Å². The summed E-state index contributed by atoms with van der Waals surface area (Å²) in [5, 5.41) is 13.4. The van der Waals surface area contributed by atoms with E-state index in [-0.39, 0.29) is 48.7 Å². The Hall–Kier alpha value is -3.02. The lowest BCUT2D eigenvalue weighted by Crippen LogP contribution is -2.62. The van der Waals surface area contributed by atoms with Crippen LogP contribution in [-0.4, -0.2) is 92.4 Å². The molecule has 3 heterocycles. The number of carbonyl (C=O) groups excluding carboxylic acids is 4. The van der Waals surface area contributed by atoms with Crippen molar-refractivity contribution in [1.29, 1.82) is 0 Å². The monoisotopic (exact) mass is 715 g/mol. The highest BCUT2D eigenvalue weighted by atomic mass is 79.9. The fraction of sp³-hybridized carbons (Fsp3) is 0.611. The highest BCUT2D eigenvalue weighted by Crippen LogP contribution is 2.61. The van der Waals surface area contributed by atoms with Gasteiger partial charge in [0.2, 0.25) is 17.7 Å². The number of aliphatic hydroxyl groups excluding tert-OH is 1. The Kier molecular flexibility index (Phi) is 11.8. The van der Waals surface area contributed by atoms with Gasteiger partial charge in [-0.25, -0.2) is 0 Å². The Labute approximate surface area is 287 Å². The summed E-state index contributed by atoms with van der Waals surface area (Å²) in [6.07, 6.45) is 3.35. The molecule has 0 aromatic heterocycles. The van der Waals surface area contributed by atoms with Crippen LogP contribution in [0.25, 0.3) is 0 Å². The number of likely N-dealkylation sites (tertiary alicyclic amines) is 1. The predicted molar refractivity (Wildman–Crippen MR) is 182 cm³/mol. The lowest BCUT2D eigenvalue weighted by atomic mass is 9.70. The number of carbonyl (C=O) groups is 4. The predicted octanol–water partition coefficient (Wildman–Crippen LogP) is 4.32. The third kappa shape index (κ3) is 7.37. The number of benzene rings is 1. The van der Waals surface area contributed by atoms with Crippen LogP contribution in [0.15, 0.2) is 55.6 Å². The number of aliphatic hydroxyl groups is 1. The van der Waals surface area contributed by atoms with E-state index in [4.69, 9.17) is 9.47 Å². The van der Waals surface area contributed by atoms with E-state index in [1.54, 1.807) is 17.1 Å². The summed E-state index contributed by atoms with van der Waals surface area (Å²) in [6.45, 7) is 17.2. The van der Waals surface area contributed by atoms with Gasteiger partial charge in [0, 0.05) is 23.3 Å². The number of halogens is 1. The number of hydrogen-bond acceptors (Lipinski definition) is 7. The molecule has 0 aliphatic carbocycles. The molecule has 8 atom stereocenters. The number of amides is 3. The van der Waals surface area contributed by atoms with Crippen molar-refractivity contribution in [2.24, 2.45) is 17.8 Å². The molecule has 258 valence electrons. The summed E-state index contributed by atoms with van der Waals surface area (Å²) in [5.74, 6) is -3.42. The lowest BCUT2D eigenvalue weighted by molar-refractivity contribution is -0.161. The van der Waals surface area contributed by atoms with E-state index in [2.05, 4.69) is 34.4 Å². The lowest BCUT2D eigenvalue weighted by Gasteiger charge is -2.43. The van der Waals surface area contributed by atoms with Gasteiger partial charge in [0.15, 0.2) is 0 Å². The number of rotatable bonds is 15. The first-order chi connectivity index (χ1) is 22.2. The second-order valence-corrected chi connectivity index (χ2v) is 15.4. The minimum absolute atomic E-state index is 0.0434. The van der Waals surface area contributed by atoms with Crippen molar-refractivity contribution in [3.8, 4) is 0 Å². The number of ether oxygens (including phenoxy) is 2. The highest BCUT2D eigenvalue weighted by Gasteiger charge is 2.77. The molecule has 1 unspecified atom stereocenters. The van der Waals surface area contributed by atoms with Crippen molar-refractivity contribution in [2.45, 2.75) is 101 Å². The molecule has 1 aromatic rings. The Morgan fingerprint density at radius 1 is 1.21 bits per heavy atom. The van der Waals surface area contributed by atoms with Gasteiger partial charge in [-0.3, -0.25) is 19.2 Å². The zero-order chi connectivity index (χ0) is 34.7. The number of nitrogens with one attached hydrogen (secondary N) is 1. The Morgan fingerprint density at radius 2 is 1.89 bits per heavy atom. The van der Waals surface area contributed by atoms with Gasteiger partial charge >= 0.3 is 5.97 Å². The Bertz CT molecular complexity index is 1330. The first-order valence-corrected chi connectivity index (χ1v) is 17.4. The number of hydrogen-bond donors (Lipinski definition) is 2. The van der Waals surface area contributed by atoms with E-state index in [0.717, 1.165) is 0 Å². The summed E-state index contributed by atoms with van der Waals surface area (Å²) >= 11 is 3.72.